The van der Waals surface area contributed by atoms with E-state index in [4.69, 9.17) is 4.42 Å². The van der Waals surface area contributed by atoms with Crippen LogP contribution in [-0.2, 0) is 6.18 Å². The topological polar surface area (TPSA) is 45.4 Å². The largest absolute Gasteiger partial charge is 0.504 e. The van der Waals surface area contributed by atoms with Crippen molar-refractivity contribution < 1.29 is 27.1 Å². The minimum atomic E-state index is -4.53. The number of alkyl halides is 3. The lowest BCUT2D eigenvalue weighted by Gasteiger charge is -2.10. The smallest absolute Gasteiger partial charge is 0.416 e. The number of halogens is 4. The molecular formula is C21H15F4NO2. The molecule has 144 valence electrons. The van der Waals surface area contributed by atoms with Crippen molar-refractivity contribution in [3.8, 4) is 16.9 Å². The zero-order chi connectivity index (χ0) is 20.1. The Kier molecular flexibility index (Phi) is 4.18. The van der Waals surface area contributed by atoms with Crippen LogP contribution in [0.4, 0.5) is 23.4 Å². The number of fused-ring (bicyclic) bond motifs is 1. The van der Waals surface area contributed by atoms with Gasteiger partial charge in [-0.15, -0.1) is 0 Å². The van der Waals surface area contributed by atoms with Gasteiger partial charge in [0.25, 0.3) is 0 Å². The van der Waals surface area contributed by atoms with E-state index in [0.29, 0.717) is 11.1 Å². The average Bonchev–Trinajstić information content (AvgIpc) is 3.16. The molecule has 1 aromatic heterocycles. The van der Waals surface area contributed by atoms with E-state index in [1.165, 1.54) is 25.3 Å². The van der Waals surface area contributed by atoms with Crippen LogP contribution in [0.5, 0.6) is 5.75 Å². The molecule has 1 aliphatic rings. The minimum absolute atomic E-state index is 0.0563. The van der Waals surface area contributed by atoms with Crippen LogP contribution in [-0.4, -0.2) is 12.2 Å². The van der Waals surface area contributed by atoms with Crippen LogP contribution in [0.15, 0.2) is 58.8 Å². The molecule has 0 amide bonds. The van der Waals surface area contributed by atoms with Gasteiger partial charge in [-0.2, -0.15) is 13.2 Å². The molecule has 1 aliphatic carbocycles. The molecule has 2 aromatic carbocycles. The van der Waals surface area contributed by atoms with E-state index >= 15 is 0 Å². The predicted molar refractivity (Wildman–Crippen MR) is 97.7 cm³/mol. The number of allylic oxidation sites excluding steroid dienone is 1. The normalized spacial score (nSPS) is 16.0. The summed E-state index contributed by atoms with van der Waals surface area (Å²) in [4.78, 5) is 0. The second kappa shape index (κ2) is 6.44. The maximum Gasteiger partial charge on any atom is 0.416 e. The van der Waals surface area contributed by atoms with Crippen LogP contribution >= 0.6 is 0 Å². The maximum atomic E-state index is 14.6. The van der Waals surface area contributed by atoms with Crippen LogP contribution in [0, 0.1) is 0 Å². The van der Waals surface area contributed by atoms with Crippen LogP contribution in [0.3, 0.4) is 0 Å². The molecule has 28 heavy (non-hydrogen) atoms. The molecule has 7 heteroatoms. The number of hydrogen-bond donors (Lipinski definition) is 2. The van der Waals surface area contributed by atoms with Crippen molar-refractivity contribution in [1.29, 1.82) is 0 Å². The van der Waals surface area contributed by atoms with E-state index < -0.39 is 29.2 Å². The third-order valence-corrected chi connectivity index (χ3v) is 4.75. The van der Waals surface area contributed by atoms with Gasteiger partial charge in [0.15, 0.2) is 11.5 Å². The van der Waals surface area contributed by atoms with Gasteiger partial charge < -0.3 is 14.8 Å². The summed E-state index contributed by atoms with van der Waals surface area (Å²) in [7, 11) is 1.51. The number of furan rings is 1. The molecule has 0 bridgehead atoms. The van der Waals surface area contributed by atoms with Gasteiger partial charge in [0.2, 0.25) is 5.88 Å². The second-order valence-electron chi connectivity index (χ2n) is 6.44. The highest BCUT2D eigenvalue weighted by Gasteiger charge is 2.36. The Hall–Kier alpha value is -3.22. The van der Waals surface area contributed by atoms with Crippen molar-refractivity contribution in [2.24, 2.45) is 0 Å². The number of anilines is 1. The van der Waals surface area contributed by atoms with E-state index in [2.05, 4.69) is 5.32 Å². The number of hydrogen-bond acceptors (Lipinski definition) is 3. The van der Waals surface area contributed by atoms with Crippen molar-refractivity contribution in [2.45, 2.75) is 12.1 Å². The third kappa shape index (κ3) is 2.83. The molecule has 1 heterocycles. The van der Waals surface area contributed by atoms with Crippen LogP contribution in [0.1, 0.15) is 28.4 Å². The fourth-order valence-electron chi connectivity index (χ4n) is 3.48. The number of rotatable bonds is 3. The quantitative estimate of drug-likeness (QED) is 0.527. The van der Waals surface area contributed by atoms with Crippen molar-refractivity contribution in [1.82, 2.24) is 0 Å². The molecule has 4 rings (SSSR count). The molecule has 0 spiro atoms. The zero-order valence-electron chi connectivity index (χ0n) is 14.6. The number of nitrogens with one attached hydrogen (secondary N) is 1. The molecule has 0 saturated carbocycles. The molecular weight excluding hydrogens is 374 g/mol. The van der Waals surface area contributed by atoms with Crippen molar-refractivity contribution >= 4 is 12.0 Å². The van der Waals surface area contributed by atoms with Gasteiger partial charge in [-0.1, -0.05) is 36.4 Å². The SMILES string of the molecule is CNc1oc(C2C(F)=Cc3ccccc32)c(O)c1-c1cccc(C(F)(F)F)c1. The monoisotopic (exact) mass is 389 g/mol. The Bertz CT molecular complexity index is 1080. The van der Waals surface area contributed by atoms with Crippen molar-refractivity contribution in [2.75, 3.05) is 12.4 Å². The van der Waals surface area contributed by atoms with Crippen LogP contribution in [0.2, 0.25) is 0 Å². The van der Waals surface area contributed by atoms with Crippen LogP contribution in [0.25, 0.3) is 17.2 Å². The molecule has 2 N–H and O–H groups in total. The van der Waals surface area contributed by atoms with Gasteiger partial charge in [-0.25, -0.2) is 4.39 Å². The summed E-state index contributed by atoms with van der Waals surface area (Å²) >= 11 is 0. The Morgan fingerprint density at radius 1 is 1.07 bits per heavy atom. The van der Waals surface area contributed by atoms with Gasteiger partial charge in [-0.3, -0.25) is 0 Å². The summed E-state index contributed by atoms with van der Waals surface area (Å²) < 4.78 is 59.5. The highest BCUT2D eigenvalue weighted by molar-refractivity contribution is 5.83. The number of benzene rings is 2. The molecule has 0 aliphatic heterocycles. The first-order valence-corrected chi connectivity index (χ1v) is 8.48. The van der Waals surface area contributed by atoms with Gasteiger partial charge >= 0.3 is 6.18 Å². The minimum Gasteiger partial charge on any atom is -0.504 e. The fourth-order valence-corrected chi connectivity index (χ4v) is 3.48. The molecule has 1 unspecified atom stereocenters. The Morgan fingerprint density at radius 2 is 1.82 bits per heavy atom. The van der Waals surface area contributed by atoms with Gasteiger partial charge in [0.05, 0.1) is 17.0 Å². The van der Waals surface area contributed by atoms with E-state index in [-0.39, 0.29) is 22.8 Å². The summed E-state index contributed by atoms with van der Waals surface area (Å²) in [5, 5.41) is 13.5. The highest BCUT2D eigenvalue weighted by atomic mass is 19.4. The second-order valence-corrected chi connectivity index (χ2v) is 6.44. The first kappa shape index (κ1) is 18.2. The Balaban J connectivity index is 1.87. The molecule has 0 fully saturated rings. The summed E-state index contributed by atoms with van der Waals surface area (Å²) in [6, 6.07) is 11.5. The fraction of sp³-hybridized carbons (Fsp3) is 0.143. The van der Waals surface area contributed by atoms with E-state index in [1.54, 1.807) is 24.3 Å². The van der Waals surface area contributed by atoms with Crippen LogP contribution < -0.4 is 5.32 Å². The van der Waals surface area contributed by atoms with Gasteiger partial charge in [-0.05, 0) is 34.9 Å². The third-order valence-electron chi connectivity index (χ3n) is 4.75. The molecule has 3 aromatic rings. The molecule has 0 saturated heterocycles. The van der Waals surface area contributed by atoms with Crippen molar-refractivity contribution in [3.05, 3.63) is 76.8 Å². The number of aromatic hydroxyl groups is 1. The van der Waals surface area contributed by atoms with E-state index in [9.17, 15) is 22.7 Å². The summed E-state index contributed by atoms with van der Waals surface area (Å²) in [5.74, 6) is -1.86. The molecule has 3 nitrogen and oxygen atoms in total. The summed E-state index contributed by atoms with van der Waals surface area (Å²) in [6.45, 7) is 0. The lowest BCUT2D eigenvalue weighted by molar-refractivity contribution is -0.137. The average molecular weight is 389 g/mol. The first-order valence-electron chi connectivity index (χ1n) is 8.48. The lowest BCUT2D eigenvalue weighted by Crippen LogP contribution is -2.04. The Morgan fingerprint density at radius 3 is 2.54 bits per heavy atom. The van der Waals surface area contributed by atoms with E-state index in [1.807, 2.05) is 0 Å². The highest BCUT2D eigenvalue weighted by Crippen LogP contribution is 2.51. The maximum absolute atomic E-state index is 14.6. The standard InChI is InChI=1S/C21H15F4NO2/c1-26-20-16(12-6-4-7-13(9-12)21(23,24)25)18(27)19(28-20)17-14-8-3-2-5-11(14)10-15(17)22/h2-10,17,26-27H,1H3. The van der Waals surface area contributed by atoms with Gasteiger partial charge in [0.1, 0.15) is 5.83 Å². The molecule has 1 atom stereocenters. The zero-order valence-corrected chi connectivity index (χ0v) is 14.6. The molecule has 0 radical (unpaired) electrons. The first-order chi connectivity index (χ1) is 13.3. The Labute approximate surface area is 157 Å². The lowest BCUT2D eigenvalue weighted by atomic mass is 9.95. The van der Waals surface area contributed by atoms with Gasteiger partial charge in [0, 0.05) is 7.05 Å². The predicted octanol–water partition coefficient (Wildman–Crippen LogP) is 6.17. The van der Waals surface area contributed by atoms with Crippen molar-refractivity contribution in [3.63, 3.8) is 0 Å². The summed E-state index contributed by atoms with van der Waals surface area (Å²) in [6.07, 6.45) is -3.18. The summed E-state index contributed by atoms with van der Waals surface area (Å²) in [5.41, 5.74) is 0.587. The van der Waals surface area contributed by atoms with E-state index in [0.717, 1.165) is 12.1 Å².